The third-order valence-electron chi connectivity index (χ3n) is 5.46. The Balaban J connectivity index is 1.28. The number of aromatic nitrogens is 3. The van der Waals surface area contributed by atoms with Gasteiger partial charge < -0.3 is 14.2 Å². The summed E-state index contributed by atoms with van der Waals surface area (Å²) in [5, 5.41) is 19.0. The molecule has 0 saturated carbocycles. The quantitative estimate of drug-likeness (QED) is 0.370. The average Bonchev–Trinajstić information content (AvgIpc) is 3.28. The Labute approximate surface area is 185 Å². The first-order chi connectivity index (χ1) is 15.6. The van der Waals surface area contributed by atoms with Crippen molar-refractivity contribution in [2.24, 2.45) is 0 Å². The Morgan fingerprint density at radius 2 is 1.78 bits per heavy atom. The van der Waals surface area contributed by atoms with Gasteiger partial charge in [0.05, 0.1) is 31.9 Å². The SMILES string of the molecule is COc1cc2c(cc1OC)CN(CCn1cc(COc3ccc([N+](=O)[O-])cc3)nn1)CC2. The summed E-state index contributed by atoms with van der Waals surface area (Å²) < 4.78 is 18.3. The summed E-state index contributed by atoms with van der Waals surface area (Å²) in [6.07, 6.45) is 2.82. The van der Waals surface area contributed by atoms with Gasteiger partial charge in [-0.25, -0.2) is 0 Å². The number of non-ortho nitro benzene ring substituents is 1. The molecular formula is C22H25N5O5. The Morgan fingerprint density at radius 1 is 1.06 bits per heavy atom. The van der Waals surface area contributed by atoms with E-state index in [2.05, 4.69) is 27.3 Å². The fourth-order valence-electron chi connectivity index (χ4n) is 3.71. The molecule has 10 nitrogen and oxygen atoms in total. The predicted molar refractivity (Wildman–Crippen MR) is 116 cm³/mol. The first-order valence-electron chi connectivity index (χ1n) is 10.3. The van der Waals surface area contributed by atoms with Gasteiger partial charge in [-0.1, -0.05) is 5.21 Å². The van der Waals surface area contributed by atoms with Gasteiger partial charge >= 0.3 is 0 Å². The number of nitro benzene ring substituents is 1. The predicted octanol–water partition coefficient (Wildman–Crippen LogP) is 2.84. The van der Waals surface area contributed by atoms with Crippen molar-refractivity contribution < 1.29 is 19.1 Å². The minimum Gasteiger partial charge on any atom is -0.493 e. The number of nitrogens with zero attached hydrogens (tertiary/aromatic N) is 5. The van der Waals surface area contributed by atoms with Crippen molar-refractivity contribution in [2.75, 3.05) is 27.3 Å². The highest BCUT2D eigenvalue weighted by molar-refractivity contribution is 5.48. The van der Waals surface area contributed by atoms with Crippen LogP contribution in [-0.4, -0.2) is 52.1 Å². The molecule has 0 aliphatic carbocycles. The molecule has 1 aliphatic heterocycles. The smallest absolute Gasteiger partial charge is 0.269 e. The molecule has 10 heteroatoms. The fraction of sp³-hybridized carbons (Fsp3) is 0.364. The lowest BCUT2D eigenvalue weighted by molar-refractivity contribution is -0.384. The first kappa shape index (κ1) is 21.6. The van der Waals surface area contributed by atoms with Gasteiger partial charge in [-0.2, -0.15) is 0 Å². The molecule has 168 valence electrons. The average molecular weight is 439 g/mol. The van der Waals surface area contributed by atoms with Crippen molar-refractivity contribution in [1.29, 1.82) is 0 Å². The van der Waals surface area contributed by atoms with Gasteiger partial charge in [-0.3, -0.25) is 19.7 Å². The highest BCUT2D eigenvalue weighted by atomic mass is 16.6. The zero-order valence-corrected chi connectivity index (χ0v) is 18.1. The Morgan fingerprint density at radius 3 is 2.47 bits per heavy atom. The zero-order valence-electron chi connectivity index (χ0n) is 18.1. The molecule has 0 N–H and O–H groups in total. The maximum Gasteiger partial charge on any atom is 0.269 e. The first-order valence-corrected chi connectivity index (χ1v) is 10.3. The number of hydrogen-bond donors (Lipinski definition) is 0. The van der Waals surface area contributed by atoms with Crippen molar-refractivity contribution >= 4 is 5.69 Å². The minimum atomic E-state index is -0.441. The summed E-state index contributed by atoms with van der Waals surface area (Å²) >= 11 is 0. The van der Waals surface area contributed by atoms with Crippen LogP contribution in [0, 0.1) is 10.1 Å². The molecule has 1 aromatic heterocycles. The third kappa shape index (κ3) is 4.97. The van der Waals surface area contributed by atoms with E-state index < -0.39 is 4.92 Å². The molecular weight excluding hydrogens is 414 g/mol. The van der Waals surface area contributed by atoms with E-state index in [0.29, 0.717) is 18.0 Å². The molecule has 0 amide bonds. The van der Waals surface area contributed by atoms with Crippen LogP contribution in [0.4, 0.5) is 5.69 Å². The number of hydrogen-bond acceptors (Lipinski definition) is 8. The number of nitro groups is 1. The number of ether oxygens (including phenoxy) is 3. The summed E-state index contributed by atoms with van der Waals surface area (Å²) in [5.74, 6) is 2.07. The summed E-state index contributed by atoms with van der Waals surface area (Å²) in [6, 6.07) is 10.1. The highest BCUT2D eigenvalue weighted by Gasteiger charge is 2.19. The summed E-state index contributed by atoms with van der Waals surface area (Å²) in [7, 11) is 3.31. The van der Waals surface area contributed by atoms with Gasteiger partial charge in [0.1, 0.15) is 18.1 Å². The molecule has 0 radical (unpaired) electrons. The molecule has 2 heterocycles. The maximum atomic E-state index is 10.7. The van der Waals surface area contributed by atoms with E-state index in [1.165, 1.54) is 23.3 Å². The second kappa shape index (κ2) is 9.65. The molecule has 0 spiro atoms. The van der Waals surface area contributed by atoms with E-state index in [4.69, 9.17) is 14.2 Å². The number of methoxy groups -OCH3 is 2. The van der Waals surface area contributed by atoms with Crippen molar-refractivity contribution in [3.63, 3.8) is 0 Å². The van der Waals surface area contributed by atoms with Crippen LogP contribution < -0.4 is 14.2 Å². The van der Waals surface area contributed by atoms with Crippen molar-refractivity contribution in [2.45, 2.75) is 26.1 Å². The summed E-state index contributed by atoms with van der Waals surface area (Å²) in [5.41, 5.74) is 3.28. The van der Waals surface area contributed by atoms with Crippen molar-refractivity contribution in [3.8, 4) is 17.2 Å². The largest absolute Gasteiger partial charge is 0.493 e. The molecule has 0 saturated heterocycles. The molecule has 0 bridgehead atoms. The number of fused-ring (bicyclic) bond motifs is 1. The van der Waals surface area contributed by atoms with Crippen LogP contribution in [0.5, 0.6) is 17.2 Å². The van der Waals surface area contributed by atoms with Gasteiger partial charge in [0.15, 0.2) is 11.5 Å². The summed E-state index contributed by atoms with van der Waals surface area (Å²) in [6.45, 7) is 3.62. The molecule has 0 atom stereocenters. The lowest BCUT2D eigenvalue weighted by atomic mass is 9.99. The van der Waals surface area contributed by atoms with E-state index in [-0.39, 0.29) is 12.3 Å². The second-order valence-corrected chi connectivity index (χ2v) is 7.51. The van der Waals surface area contributed by atoms with Gasteiger partial charge in [-0.15, -0.1) is 5.10 Å². The Hall–Kier alpha value is -3.66. The number of rotatable bonds is 9. The molecule has 0 unspecified atom stereocenters. The normalized spacial score (nSPS) is 13.4. The maximum absolute atomic E-state index is 10.7. The van der Waals surface area contributed by atoms with Gasteiger partial charge in [0.25, 0.3) is 5.69 Å². The fourth-order valence-corrected chi connectivity index (χ4v) is 3.71. The molecule has 0 fully saturated rings. The molecule has 2 aromatic carbocycles. The molecule has 4 rings (SSSR count). The molecule has 3 aromatic rings. The Kier molecular flexibility index (Phi) is 6.50. The lowest BCUT2D eigenvalue weighted by Gasteiger charge is -2.29. The minimum absolute atomic E-state index is 0.0289. The standard InChI is InChI=1S/C22H25N5O5/c1-30-21-11-16-7-8-25(13-17(16)12-22(21)31-2)9-10-26-14-18(23-24-26)15-32-20-5-3-19(4-6-20)27(28)29/h3-6,11-12,14H,7-10,13,15H2,1-2H3. The van der Waals surface area contributed by atoms with Crippen LogP contribution in [-0.2, 0) is 26.1 Å². The topological polar surface area (TPSA) is 105 Å². The van der Waals surface area contributed by atoms with Gasteiger partial charge in [0.2, 0.25) is 0 Å². The highest BCUT2D eigenvalue weighted by Crippen LogP contribution is 2.33. The summed E-state index contributed by atoms with van der Waals surface area (Å²) in [4.78, 5) is 12.7. The number of benzene rings is 2. The van der Waals surface area contributed by atoms with Crippen LogP contribution in [0.1, 0.15) is 16.8 Å². The van der Waals surface area contributed by atoms with E-state index in [1.54, 1.807) is 31.0 Å². The van der Waals surface area contributed by atoms with Crippen LogP contribution >= 0.6 is 0 Å². The third-order valence-corrected chi connectivity index (χ3v) is 5.46. The molecule has 1 aliphatic rings. The van der Waals surface area contributed by atoms with E-state index >= 15 is 0 Å². The lowest BCUT2D eigenvalue weighted by Crippen LogP contribution is -2.33. The van der Waals surface area contributed by atoms with E-state index in [1.807, 2.05) is 6.20 Å². The van der Waals surface area contributed by atoms with Crippen molar-refractivity contribution in [3.05, 3.63) is 69.5 Å². The van der Waals surface area contributed by atoms with E-state index in [9.17, 15) is 10.1 Å². The van der Waals surface area contributed by atoms with Crippen LogP contribution in [0.3, 0.4) is 0 Å². The Bertz CT molecular complexity index is 1080. The van der Waals surface area contributed by atoms with E-state index in [0.717, 1.165) is 37.6 Å². The van der Waals surface area contributed by atoms with Gasteiger partial charge in [0, 0.05) is 31.8 Å². The van der Waals surface area contributed by atoms with Gasteiger partial charge in [-0.05, 0) is 41.8 Å². The monoisotopic (exact) mass is 439 g/mol. The molecule has 32 heavy (non-hydrogen) atoms. The second-order valence-electron chi connectivity index (χ2n) is 7.51. The van der Waals surface area contributed by atoms with Crippen LogP contribution in [0.25, 0.3) is 0 Å². The van der Waals surface area contributed by atoms with Crippen LogP contribution in [0.15, 0.2) is 42.6 Å². The van der Waals surface area contributed by atoms with Crippen LogP contribution in [0.2, 0.25) is 0 Å². The zero-order chi connectivity index (χ0) is 22.5. The van der Waals surface area contributed by atoms with Crippen molar-refractivity contribution in [1.82, 2.24) is 19.9 Å².